The quantitative estimate of drug-likeness (QED) is 0.659. The zero-order chi connectivity index (χ0) is 11.1. The first kappa shape index (κ1) is 12.5. The van der Waals surface area contributed by atoms with Gasteiger partial charge in [0.05, 0.1) is 12.5 Å². The van der Waals surface area contributed by atoms with Gasteiger partial charge in [0.25, 0.3) is 0 Å². The van der Waals surface area contributed by atoms with Crippen molar-refractivity contribution in [3.05, 3.63) is 0 Å². The minimum absolute atomic E-state index is 0.00707. The fourth-order valence-electron chi connectivity index (χ4n) is 2.11. The lowest BCUT2D eigenvalue weighted by atomic mass is 9.82. The van der Waals surface area contributed by atoms with Crippen molar-refractivity contribution >= 4 is 5.97 Å². The molecule has 0 aromatic heterocycles. The predicted octanol–water partition coefficient (Wildman–Crippen LogP) is 2.39. The number of carbonyl (C=O) groups is 1. The van der Waals surface area contributed by atoms with Gasteiger partial charge >= 0.3 is 5.97 Å². The number of ether oxygens (including phenoxy) is 2. The van der Waals surface area contributed by atoms with Crippen LogP contribution in [-0.4, -0.2) is 25.8 Å². The van der Waals surface area contributed by atoms with Crippen LogP contribution >= 0.6 is 0 Å². The third-order valence-electron chi connectivity index (χ3n) is 3.02. The molecule has 1 saturated carbocycles. The van der Waals surface area contributed by atoms with Crippen LogP contribution < -0.4 is 0 Å². The fraction of sp³-hybridized carbons (Fsp3) is 0.917. The highest BCUT2D eigenvalue weighted by atomic mass is 16.5. The largest absolute Gasteiger partial charge is 0.466 e. The maximum atomic E-state index is 11.5. The second kappa shape index (κ2) is 6.83. The van der Waals surface area contributed by atoms with Crippen molar-refractivity contribution in [3.8, 4) is 0 Å². The highest BCUT2D eigenvalue weighted by Crippen LogP contribution is 2.29. The summed E-state index contributed by atoms with van der Waals surface area (Å²) in [5.41, 5.74) is 0. The third kappa shape index (κ3) is 4.20. The van der Waals surface area contributed by atoms with E-state index in [0.29, 0.717) is 12.5 Å². The van der Waals surface area contributed by atoms with Crippen molar-refractivity contribution in [2.45, 2.75) is 39.5 Å². The van der Waals surface area contributed by atoms with Gasteiger partial charge in [0.1, 0.15) is 0 Å². The summed E-state index contributed by atoms with van der Waals surface area (Å²) in [5, 5.41) is 0. The Balaban J connectivity index is 2.20. The lowest BCUT2D eigenvalue weighted by Crippen LogP contribution is -2.25. The van der Waals surface area contributed by atoms with Gasteiger partial charge in [-0.2, -0.15) is 0 Å². The normalized spacial score (nSPS) is 26.3. The van der Waals surface area contributed by atoms with E-state index in [0.717, 1.165) is 38.9 Å². The molecule has 0 aliphatic heterocycles. The maximum Gasteiger partial charge on any atom is 0.308 e. The lowest BCUT2D eigenvalue weighted by Gasteiger charge is -2.26. The zero-order valence-electron chi connectivity index (χ0n) is 9.83. The molecule has 88 valence electrons. The van der Waals surface area contributed by atoms with E-state index >= 15 is 0 Å². The molecule has 1 aliphatic rings. The van der Waals surface area contributed by atoms with Gasteiger partial charge < -0.3 is 9.47 Å². The van der Waals surface area contributed by atoms with E-state index in [9.17, 15) is 4.79 Å². The number of esters is 1. The number of rotatable bonds is 5. The van der Waals surface area contributed by atoms with Crippen LogP contribution in [0.5, 0.6) is 0 Å². The Morgan fingerprint density at radius 1 is 1.13 bits per heavy atom. The molecule has 0 radical (unpaired) electrons. The molecule has 0 aromatic carbocycles. The van der Waals surface area contributed by atoms with Crippen molar-refractivity contribution in [2.75, 3.05) is 19.8 Å². The van der Waals surface area contributed by atoms with Gasteiger partial charge in [0.2, 0.25) is 0 Å². The van der Waals surface area contributed by atoms with Crippen LogP contribution in [0, 0.1) is 11.8 Å². The summed E-state index contributed by atoms with van der Waals surface area (Å²) >= 11 is 0. The van der Waals surface area contributed by atoms with Crippen molar-refractivity contribution in [3.63, 3.8) is 0 Å². The van der Waals surface area contributed by atoms with Crippen molar-refractivity contribution in [1.29, 1.82) is 0 Å². The Hall–Kier alpha value is -0.570. The van der Waals surface area contributed by atoms with Crippen LogP contribution in [0.15, 0.2) is 0 Å². The summed E-state index contributed by atoms with van der Waals surface area (Å²) in [6, 6.07) is 0. The molecule has 1 rings (SSSR count). The van der Waals surface area contributed by atoms with E-state index in [-0.39, 0.29) is 11.9 Å². The second-order valence-corrected chi connectivity index (χ2v) is 4.13. The van der Waals surface area contributed by atoms with E-state index in [1.807, 2.05) is 13.8 Å². The predicted molar refractivity (Wildman–Crippen MR) is 58.6 cm³/mol. The third-order valence-corrected chi connectivity index (χ3v) is 3.02. The summed E-state index contributed by atoms with van der Waals surface area (Å²) in [5.74, 6) is 0.783. The molecular weight excluding hydrogens is 192 g/mol. The fourth-order valence-corrected chi connectivity index (χ4v) is 2.11. The molecular formula is C12H22O3. The van der Waals surface area contributed by atoms with Crippen LogP contribution in [0.4, 0.5) is 0 Å². The molecule has 0 unspecified atom stereocenters. The Bertz CT molecular complexity index is 183. The van der Waals surface area contributed by atoms with Gasteiger partial charge in [-0.05, 0) is 45.4 Å². The summed E-state index contributed by atoms with van der Waals surface area (Å²) in [4.78, 5) is 11.5. The van der Waals surface area contributed by atoms with Gasteiger partial charge in [0.15, 0.2) is 0 Å². The highest BCUT2D eigenvalue weighted by molar-refractivity contribution is 5.72. The van der Waals surface area contributed by atoms with Gasteiger partial charge in [-0.3, -0.25) is 4.79 Å². The molecule has 0 atom stereocenters. The van der Waals surface area contributed by atoms with Gasteiger partial charge in [-0.25, -0.2) is 0 Å². The Morgan fingerprint density at radius 2 is 1.80 bits per heavy atom. The van der Waals surface area contributed by atoms with Crippen molar-refractivity contribution in [1.82, 2.24) is 0 Å². The average molecular weight is 214 g/mol. The van der Waals surface area contributed by atoms with Crippen LogP contribution in [0.25, 0.3) is 0 Å². The molecule has 15 heavy (non-hydrogen) atoms. The lowest BCUT2D eigenvalue weighted by molar-refractivity contribution is -0.149. The number of carbonyl (C=O) groups excluding carboxylic acids is 1. The van der Waals surface area contributed by atoms with Crippen molar-refractivity contribution < 1.29 is 14.3 Å². The molecule has 0 bridgehead atoms. The standard InChI is InChI=1S/C12H22O3/c1-3-14-9-10-5-7-11(8-6-10)12(13)15-4-2/h10-11H,3-9H2,1-2H3. The van der Waals surface area contributed by atoms with Crippen LogP contribution in [0.1, 0.15) is 39.5 Å². The molecule has 0 saturated heterocycles. The van der Waals surface area contributed by atoms with Crippen LogP contribution in [0.2, 0.25) is 0 Å². The van der Waals surface area contributed by atoms with E-state index in [1.165, 1.54) is 0 Å². The Morgan fingerprint density at radius 3 is 2.33 bits per heavy atom. The molecule has 0 heterocycles. The van der Waals surface area contributed by atoms with Crippen LogP contribution in [0.3, 0.4) is 0 Å². The molecule has 3 nitrogen and oxygen atoms in total. The van der Waals surface area contributed by atoms with Gasteiger partial charge in [0, 0.05) is 13.2 Å². The van der Waals surface area contributed by atoms with E-state index in [2.05, 4.69) is 0 Å². The first-order chi connectivity index (χ1) is 7.27. The topological polar surface area (TPSA) is 35.5 Å². The summed E-state index contributed by atoms with van der Waals surface area (Å²) < 4.78 is 10.4. The maximum absolute atomic E-state index is 11.5. The summed E-state index contributed by atoms with van der Waals surface area (Å²) in [6.45, 7) is 6.02. The van der Waals surface area contributed by atoms with E-state index < -0.39 is 0 Å². The minimum atomic E-state index is -0.00707. The molecule has 3 heteroatoms. The first-order valence-corrected chi connectivity index (χ1v) is 6.02. The molecule has 0 aromatic rings. The van der Waals surface area contributed by atoms with Gasteiger partial charge in [-0.1, -0.05) is 0 Å². The van der Waals surface area contributed by atoms with Crippen molar-refractivity contribution in [2.24, 2.45) is 11.8 Å². The summed E-state index contributed by atoms with van der Waals surface area (Å²) in [6.07, 6.45) is 4.14. The Kier molecular flexibility index (Phi) is 5.69. The van der Waals surface area contributed by atoms with E-state index in [4.69, 9.17) is 9.47 Å². The second-order valence-electron chi connectivity index (χ2n) is 4.13. The monoisotopic (exact) mass is 214 g/mol. The number of hydrogen-bond donors (Lipinski definition) is 0. The average Bonchev–Trinajstić information content (AvgIpc) is 2.27. The van der Waals surface area contributed by atoms with Crippen LogP contribution in [-0.2, 0) is 14.3 Å². The summed E-state index contributed by atoms with van der Waals surface area (Å²) in [7, 11) is 0. The molecule has 0 amide bonds. The Labute approximate surface area is 92.1 Å². The molecule has 1 fully saturated rings. The number of hydrogen-bond acceptors (Lipinski definition) is 3. The first-order valence-electron chi connectivity index (χ1n) is 6.02. The minimum Gasteiger partial charge on any atom is -0.466 e. The zero-order valence-corrected chi connectivity index (χ0v) is 9.83. The smallest absolute Gasteiger partial charge is 0.308 e. The molecule has 0 N–H and O–H groups in total. The van der Waals surface area contributed by atoms with E-state index in [1.54, 1.807) is 0 Å². The SMILES string of the molecule is CCOCC1CCC(C(=O)OCC)CC1. The van der Waals surface area contributed by atoms with Gasteiger partial charge in [-0.15, -0.1) is 0 Å². The molecule has 1 aliphatic carbocycles. The molecule has 0 spiro atoms. The highest BCUT2D eigenvalue weighted by Gasteiger charge is 2.26.